The molecule has 0 aliphatic carbocycles. The first-order chi connectivity index (χ1) is 8.28. The normalized spacial score (nSPS) is 22.4. The summed E-state index contributed by atoms with van der Waals surface area (Å²) in [5.74, 6) is 0. The van der Waals surface area contributed by atoms with E-state index in [-0.39, 0.29) is 0 Å². The highest BCUT2D eigenvalue weighted by atomic mass is 15.2. The monoisotopic (exact) mass is 234 g/mol. The van der Waals surface area contributed by atoms with E-state index in [9.17, 15) is 0 Å². The van der Waals surface area contributed by atoms with Crippen molar-refractivity contribution in [3.63, 3.8) is 0 Å². The molecule has 0 amide bonds. The Morgan fingerprint density at radius 2 is 2.24 bits per heavy atom. The summed E-state index contributed by atoms with van der Waals surface area (Å²) in [4.78, 5) is 11.2. The van der Waals surface area contributed by atoms with Crippen LogP contribution in [0.3, 0.4) is 0 Å². The second-order valence-electron chi connectivity index (χ2n) is 4.77. The summed E-state index contributed by atoms with van der Waals surface area (Å²) in [6.07, 6.45) is 6.19. The molecule has 0 aromatic carbocycles. The van der Waals surface area contributed by atoms with Crippen LogP contribution in [0.1, 0.15) is 31.2 Å². The lowest BCUT2D eigenvalue weighted by atomic mass is 10.1. The quantitative estimate of drug-likeness (QED) is 0.857. The van der Waals surface area contributed by atoms with E-state index in [0.29, 0.717) is 6.04 Å². The minimum absolute atomic E-state index is 0.684. The van der Waals surface area contributed by atoms with Crippen LogP contribution in [0.2, 0.25) is 0 Å². The van der Waals surface area contributed by atoms with E-state index in [2.05, 4.69) is 27.1 Å². The SMILES string of the molecule is CCC1CCN(Cc2cnc(C)cn2)CCN1. The molecule has 1 unspecified atom stereocenters. The highest BCUT2D eigenvalue weighted by molar-refractivity contribution is 5.00. The van der Waals surface area contributed by atoms with Gasteiger partial charge in [0.05, 0.1) is 11.4 Å². The lowest BCUT2D eigenvalue weighted by Gasteiger charge is -2.18. The zero-order chi connectivity index (χ0) is 12.1. The largest absolute Gasteiger partial charge is 0.313 e. The first-order valence-corrected chi connectivity index (χ1v) is 6.51. The zero-order valence-corrected chi connectivity index (χ0v) is 10.8. The fraction of sp³-hybridized carbons (Fsp3) is 0.692. The van der Waals surface area contributed by atoms with Crippen LogP contribution in [0.5, 0.6) is 0 Å². The molecule has 2 rings (SSSR count). The van der Waals surface area contributed by atoms with E-state index in [1.165, 1.54) is 12.8 Å². The molecule has 1 fully saturated rings. The summed E-state index contributed by atoms with van der Waals surface area (Å²) in [6, 6.07) is 0.684. The topological polar surface area (TPSA) is 41.1 Å². The number of nitrogens with zero attached hydrogens (tertiary/aromatic N) is 3. The molecular formula is C13H22N4. The van der Waals surface area contributed by atoms with Gasteiger partial charge in [-0.3, -0.25) is 14.9 Å². The summed E-state index contributed by atoms with van der Waals surface area (Å²) >= 11 is 0. The molecule has 0 radical (unpaired) electrons. The molecule has 1 aliphatic rings. The van der Waals surface area contributed by atoms with Crippen molar-refractivity contribution in [2.24, 2.45) is 0 Å². The lowest BCUT2D eigenvalue weighted by molar-refractivity contribution is 0.278. The van der Waals surface area contributed by atoms with Gasteiger partial charge in [0.25, 0.3) is 0 Å². The van der Waals surface area contributed by atoms with Crippen LogP contribution in [-0.4, -0.2) is 40.5 Å². The molecule has 1 aromatic rings. The van der Waals surface area contributed by atoms with E-state index in [0.717, 1.165) is 37.6 Å². The van der Waals surface area contributed by atoms with Crippen molar-refractivity contribution >= 4 is 0 Å². The molecule has 1 aromatic heterocycles. The third-order valence-corrected chi connectivity index (χ3v) is 3.37. The van der Waals surface area contributed by atoms with Crippen molar-refractivity contribution < 1.29 is 0 Å². The standard InChI is InChI=1S/C13H22N4/c1-3-12-4-6-17(7-5-14-12)10-13-9-15-11(2)8-16-13/h8-9,12,14H,3-7,10H2,1-2H3. The first-order valence-electron chi connectivity index (χ1n) is 6.51. The molecule has 0 saturated carbocycles. The summed E-state index contributed by atoms with van der Waals surface area (Å²) < 4.78 is 0. The lowest BCUT2D eigenvalue weighted by Crippen LogP contribution is -2.30. The Balaban J connectivity index is 1.88. The van der Waals surface area contributed by atoms with Crippen LogP contribution >= 0.6 is 0 Å². The maximum atomic E-state index is 4.42. The molecule has 1 saturated heterocycles. The maximum absolute atomic E-state index is 4.42. The summed E-state index contributed by atoms with van der Waals surface area (Å²) in [7, 11) is 0. The first kappa shape index (κ1) is 12.5. The Hall–Kier alpha value is -1.00. The molecule has 94 valence electrons. The van der Waals surface area contributed by atoms with Crippen molar-refractivity contribution in [2.45, 2.75) is 39.3 Å². The zero-order valence-electron chi connectivity index (χ0n) is 10.8. The molecule has 17 heavy (non-hydrogen) atoms. The van der Waals surface area contributed by atoms with E-state index < -0.39 is 0 Å². The van der Waals surface area contributed by atoms with E-state index in [1.54, 1.807) is 0 Å². The Morgan fingerprint density at radius 1 is 1.35 bits per heavy atom. The average molecular weight is 234 g/mol. The molecule has 1 aliphatic heterocycles. The van der Waals surface area contributed by atoms with Crippen molar-refractivity contribution in [3.05, 3.63) is 23.8 Å². The third kappa shape index (κ3) is 3.75. The fourth-order valence-electron chi connectivity index (χ4n) is 2.22. The third-order valence-electron chi connectivity index (χ3n) is 3.37. The van der Waals surface area contributed by atoms with Crippen molar-refractivity contribution in [1.29, 1.82) is 0 Å². The van der Waals surface area contributed by atoms with Gasteiger partial charge in [0.15, 0.2) is 0 Å². The smallest absolute Gasteiger partial charge is 0.0727 e. The number of rotatable bonds is 3. The van der Waals surface area contributed by atoms with Gasteiger partial charge in [-0.15, -0.1) is 0 Å². The molecule has 1 N–H and O–H groups in total. The Morgan fingerprint density at radius 3 is 2.94 bits per heavy atom. The van der Waals surface area contributed by atoms with Crippen molar-refractivity contribution in [2.75, 3.05) is 19.6 Å². The minimum atomic E-state index is 0.684. The number of aromatic nitrogens is 2. The number of nitrogens with one attached hydrogen (secondary N) is 1. The van der Waals surface area contributed by atoms with Gasteiger partial charge >= 0.3 is 0 Å². The number of hydrogen-bond donors (Lipinski definition) is 1. The molecule has 4 nitrogen and oxygen atoms in total. The predicted molar refractivity (Wildman–Crippen MR) is 68.7 cm³/mol. The summed E-state index contributed by atoms with van der Waals surface area (Å²) in [5, 5.41) is 3.58. The molecule has 0 bridgehead atoms. The van der Waals surface area contributed by atoms with Crippen LogP contribution in [0.25, 0.3) is 0 Å². The second kappa shape index (κ2) is 6.07. The van der Waals surface area contributed by atoms with Crippen LogP contribution in [0.4, 0.5) is 0 Å². The van der Waals surface area contributed by atoms with E-state index in [1.807, 2.05) is 19.3 Å². The maximum Gasteiger partial charge on any atom is 0.0727 e. The van der Waals surface area contributed by atoms with Gasteiger partial charge in [-0.25, -0.2) is 0 Å². The predicted octanol–water partition coefficient (Wildman–Crippen LogP) is 1.36. The summed E-state index contributed by atoms with van der Waals surface area (Å²) in [5.41, 5.74) is 2.06. The Bertz CT molecular complexity index is 336. The van der Waals surface area contributed by atoms with Gasteiger partial charge < -0.3 is 5.32 Å². The van der Waals surface area contributed by atoms with Gasteiger partial charge in [0.1, 0.15) is 0 Å². The van der Waals surface area contributed by atoms with Gasteiger partial charge in [-0.2, -0.15) is 0 Å². The highest BCUT2D eigenvalue weighted by Gasteiger charge is 2.15. The average Bonchev–Trinajstić information content (AvgIpc) is 2.57. The van der Waals surface area contributed by atoms with Crippen LogP contribution in [0.15, 0.2) is 12.4 Å². The molecule has 1 atom stereocenters. The van der Waals surface area contributed by atoms with Crippen LogP contribution in [0, 0.1) is 6.92 Å². The number of aryl methyl sites for hydroxylation is 1. The molecule has 4 heteroatoms. The van der Waals surface area contributed by atoms with Gasteiger partial charge in [-0.1, -0.05) is 6.92 Å². The van der Waals surface area contributed by atoms with Gasteiger partial charge in [-0.05, 0) is 19.8 Å². The Kier molecular flexibility index (Phi) is 4.45. The second-order valence-corrected chi connectivity index (χ2v) is 4.77. The van der Waals surface area contributed by atoms with Crippen molar-refractivity contribution in [3.8, 4) is 0 Å². The van der Waals surface area contributed by atoms with Gasteiger partial charge in [0, 0.05) is 44.6 Å². The van der Waals surface area contributed by atoms with Crippen LogP contribution in [-0.2, 0) is 6.54 Å². The summed E-state index contributed by atoms with van der Waals surface area (Å²) in [6.45, 7) is 8.48. The van der Waals surface area contributed by atoms with E-state index in [4.69, 9.17) is 0 Å². The highest BCUT2D eigenvalue weighted by Crippen LogP contribution is 2.07. The van der Waals surface area contributed by atoms with Crippen molar-refractivity contribution in [1.82, 2.24) is 20.2 Å². The molecule has 0 spiro atoms. The molecule has 2 heterocycles. The fourth-order valence-corrected chi connectivity index (χ4v) is 2.22. The molecular weight excluding hydrogens is 212 g/mol. The number of hydrogen-bond acceptors (Lipinski definition) is 4. The van der Waals surface area contributed by atoms with Gasteiger partial charge in [0.2, 0.25) is 0 Å². The van der Waals surface area contributed by atoms with E-state index >= 15 is 0 Å². The Labute approximate surface area is 103 Å². The van der Waals surface area contributed by atoms with Crippen LogP contribution < -0.4 is 5.32 Å². The minimum Gasteiger partial charge on any atom is -0.313 e.